The molecule has 0 saturated heterocycles. The molecule has 0 fully saturated rings. The summed E-state index contributed by atoms with van der Waals surface area (Å²) in [5, 5.41) is 15.1. The van der Waals surface area contributed by atoms with Crippen LogP contribution in [0.3, 0.4) is 0 Å². The smallest absolute Gasteiger partial charge is 0.336 e. The van der Waals surface area contributed by atoms with Crippen molar-refractivity contribution in [1.29, 1.82) is 0 Å². The third-order valence-corrected chi connectivity index (χ3v) is 7.51. The van der Waals surface area contributed by atoms with Gasteiger partial charge in [-0.05, 0) is 52.6 Å². The Morgan fingerprint density at radius 3 is 1.98 bits per heavy atom. The lowest BCUT2D eigenvalue weighted by Gasteiger charge is -2.32. The normalized spacial score (nSPS) is 14.9. The Morgan fingerprint density at radius 2 is 1.44 bits per heavy atom. The number of hydrogen-bond donors (Lipinski definition) is 2. The number of nitrogens with two attached hydrogens (primary N) is 1. The lowest BCUT2D eigenvalue weighted by molar-refractivity contribution is -0.384. The van der Waals surface area contributed by atoms with E-state index in [1.54, 1.807) is 26.8 Å². The number of carbonyl (C=O) groups is 2. The third-order valence-electron chi connectivity index (χ3n) is 7.51. The Bertz CT molecular complexity index is 1130. The van der Waals surface area contributed by atoms with Crippen LogP contribution in [0.25, 0.3) is 0 Å². The van der Waals surface area contributed by atoms with Crippen molar-refractivity contribution in [2.24, 2.45) is 5.73 Å². The Labute approximate surface area is 256 Å². The predicted octanol–water partition coefficient (Wildman–Crippen LogP) is 6.97. The first kappa shape index (κ1) is 35.8. The number of non-ortho nitro benzene ring substituents is 1. The van der Waals surface area contributed by atoms with E-state index in [1.165, 1.54) is 50.7 Å². The molecule has 1 aliphatic rings. The summed E-state index contributed by atoms with van der Waals surface area (Å²) in [5.41, 5.74) is 7.34. The van der Waals surface area contributed by atoms with E-state index in [4.69, 9.17) is 19.9 Å². The van der Waals surface area contributed by atoms with Crippen molar-refractivity contribution in [1.82, 2.24) is 5.32 Å². The number of nitro groups is 1. The van der Waals surface area contributed by atoms with E-state index in [1.807, 2.05) is 6.92 Å². The molecule has 0 spiro atoms. The Kier molecular flexibility index (Phi) is 16.4. The van der Waals surface area contributed by atoms with E-state index in [-0.39, 0.29) is 30.0 Å². The summed E-state index contributed by atoms with van der Waals surface area (Å²) in [7, 11) is 0. The molecular weight excluding hydrogens is 550 g/mol. The molecule has 0 aromatic heterocycles. The first-order valence-electron chi connectivity index (χ1n) is 16.0. The summed E-state index contributed by atoms with van der Waals surface area (Å²) in [5.74, 6) is -1.76. The van der Waals surface area contributed by atoms with Crippen LogP contribution in [-0.2, 0) is 19.1 Å². The minimum Gasteiger partial charge on any atom is -0.493 e. The van der Waals surface area contributed by atoms with Gasteiger partial charge < -0.3 is 25.3 Å². The van der Waals surface area contributed by atoms with E-state index >= 15 is 0 Å². The maximum atomic E-state index is 13.4. The van der Waals surface area contributed by atoms with Crippen LogP contribution >= 0.6 is 0 Å². The zero-order valence-corrected chi connectivity index (χ0v) is 26.5. The van der Waals surface area contributed by atoms with Crippen molar-refractivity contribution in [2.75, 3.05) is 26.4 Å². The zero-order valence-electron chi connectivity index (χ0n) is 26.5. The monoisotopic (exact) mass is 601 g/mol. The van der Waals surface area contributed by atoms with Crippen molar-refractivity contribution in [3.63, 3.8) is 0 Å². The highest BCUT2D eigenvalue weighted by Gasteiger charge is 2.40. The standard InChI is InChI=1S/C33H51N3O7/c1-5-18-27-31(33(38)42-7-3)30(29(24(4)35-27)32(37)41-6-2)26-23-25(36(39)40)19-20-28(26)43-22-17-15-13-11-9-8-10-12-14-16-21-34/h19-20,23,30,35H,5-18,21-22,34H2,1-4H3. The average Bonchev–Trinajstić information content (AvgIpc) is 2.97. The van der Waals surface area contributed by atoms with Crippen molar-refractivity contribution in [2.45, 2.75) is 111 Å². The summed E-state index contributed by atoms with van der Waals surface area (Å²) in [6, 6.07) is 4.34. The van der Waals surface area contributed by atoms with E-state index in [9.17, 15) is 19.7 Å². The number of carbonyl (C=O) groups excluding carboxylic acids is 2. The van der Waals surface area contributed by atoms with Crippen LogP contribution in [0, 0.1) is 10.1 Å². The third kappa shape index (κ3) is 11.0. The summed E-state index contributed by atoms with van der Waals surface area (Å²) >= 11 is 0. The molecular formula is C33H51N3O7. The number of nitrogens with one attached hydrogen (secondary N) is 1. The second-order valence-corrected chi connectivity index (χ2v) is 10.8. The van der Waals surface area contributed by atoms with Gasteiger partial charge in [0.2, 0.25) is 0 Å². The van der Waals surface area contributed by atoms with Gasteiger partial charge in [0.05, 0.1) is 41.8 Å². The molecule has 0 radical (unpaired) electrons. The topological polar surface area (TPSA) is 143 Å². The molecule has 1 aliphatic heterocycles. The van der Waals surface area contributed by atoms with Crippen molar-refractivity contribution < 1.29 is 28.7 Å². The largest absolute Gasteiger partial charge is 0.493 e. The van der Waals surface area contributed by atoms with Crippen LogP contribution in [0.15, 0.2) is 40.7 Å². The number of benzene rings is 1. The van der Waals surface area contributed by atoms with E-state index in [0.29, 0.717) is 35.7 Å². The second kappa shape index (κ2) is 19.7. The summed E-state index contributed by atoms with van der Waals surface area (Å²) in [4.78, 5) is 38.1. The van der Waals surface area contributed by atoms with Gasteiger partial charge in [0, 0.05) is 29.1 Å². The fourth-order valence-electron chi connectivity index (χ4n) is 5.43. The molecule has 1 unspecified atom stereocenters. The lowest BCUT2D eigenvalue weighted by atomic mass is 9.79. The predicted molar refractivity (Wildman–Crippen MR) is 168 cm³/mol. The van der Waals surface area contributed by atoms with Crippen molar-refractivity contribution in [3.05, 3.63) is 56.4 Å². The molecule has 0 aliphatic carbocycles. The maximum absolute atomic E-state index is 13.4. The molecule has 0 amide bonds. The Hall–Kier alpha value is -3.40. The Balaban J connectivity index is 2.31. The van der Waals surface area contributed by atoms with Crippen LogP contribution in [0.5, 0.6) is 5.75 Å². The van der Waals surface area contributed by atoms with Crippen LogP contribution in [-0.4, -0.2) is 43.2 Å². The van der Waals surface area contributed by atoms with Gasteiger partial charge in [-0.25, -0.2) is 9.59 Å². The molecule has 43 heavy (non-hydrogen) atoms. The molecule has 3 N–H and O–H groups in total. The molecule has 1 atom stereocenters. The zero-order chi connectivity index (χ0) is 31.6. The molecule has 1 aromatic rings. The van der Waals surface area contributed by atoms with Gasteiger partial charge in [-0.1, -0.05) is 64.7 Å². The van der Waals surface area contributed by atoms with Gasteiger partial charge in [0.25, 0.3) is 5.69 Å². The number of hydrogen-bond acceptors (Lipinski definition) is 9. The molecule has 0 saturated carbocycles. The number of rotatable bonds is 21. The van der Waals surface area contributed by atoms with Crippen molar-refractivity contribution in [3.8, 4) is 5.75 Å². The maximum Gasteiger partial charge on any atom is 0.336 e. The number of nitrogens with zero attached hydrogens (tertiary/aromatic N) is 1. The Morgan fingerprint density at radius 1 is 0.884 bits per heavy atom. The minimum absolute atomic E-state index is 0.134. The van der Waals surface area contributed by atoms with Crippen LogP contribution in [0.1, 0.15) is 116 Å². The fourth-order valence-corrected chi connectivity index (χ4v) is 5.43. The van der Waals surface area contributed by atoms with E-state index < -0.39 is 22.8 Å². The summed E-state index contributed by atoms with van der Waals surface area (Å²) in [6.07, 6.45) is 12.7. The highest BCUT2D eigenvalue weighted by Crippen LogP contribution is 2.44. The minimum atomic E-state index is -0.958. The number of nitro benzene ring substituents is 1. The lowest BCUT2D eigenvalue weighted by Crippen LogP contribution is -2.33. The fraction of sp³-hybridized carbons (Fsp3) is 0.636. The number of allylic oxidation sites excluding steroid dienone is 2. The van der Waals surface area contributed by atoms with Crippen LogP contribution in [0.4, 0.5) is 5.69 Å². The second-order valence-electron chi connectivity index (χ2n) is 10.8. The van der Waals surface area contributed by atoms with E-state index in [2.05, 4.69) is 5.32 Å². The van der Waals surface area contributed by atoms with Gasteiger partial charge >= 0.3 is 11.9 Å². The first-order valence-corrected chi connectivity index (χ1v) is 16.0. The number of unbranched alkanes of at least 4 members (excludes halogenated alkanes) is 9. The summed E-state index contributed by atoms with van der Waals surface area (Å²) < 4.78 is 17.0. The molecule has 2 rings (SSSR count). The van der Waals surface area contributed by atoms with Crippen LogP contribution < -0.4 is 15.8 Å². The van der Waals surface area contributed by atoms with Gasteiger partial charge in [-0.2, -0.15) is 0 Å². The van der Waals surface area contributed by atoms with Gasteiger partial charge in [0.15, 0.2) is 0 Å². The van der Waals surface area contributed by atoms with E-state index in [0.717, 1.165) is 38.6 Å². The van der Waals surface area contributed by atoms with Crippen LogP contribution in [0.2, 0.25) is 0 Å². The molecule has 1 heterocycles. The molecule has 0 bridgehead atoms. The number of esters is 2. The summed E-state index contributed by atoms with van der Waals surface area (Å²) in [6.45, 7) is 8.59. The van der Waals surface area contributed by atoms with Gasteiger partial charge in [0.1, 0.15) is 5.75 Å². The molecule has 10 nitrogen and oxygen atoms in total. The highest BCUT2D eigenvalue weighted by molar-refractivity contribution is 6.00. The first-order chi connectivity index (χ1) is 20.8. The number of dihydropyridines is 1. The molecule has 1 aromatic carbocycles. The number of ether oxygens (including phenoxy) is 3. The average molecular weight is 602 g/mol. The quantitative estimate of drug-likeness (QED) is 0.0660. The highest BCUT2D eigenvalue weighted by atomic mass is 16.6. The van der Waals surface area contributed by atoms with Gasteiger partial charge in [-0.3, -0.25) is 10.1 Å². The molecule has 10 heteroatoms. The molecule has 240 valence electrons. The van der Waals surface area contributed by atoms with Crippen molar-refractivity contribution >= 4 is 17.6 Å². The van der Waals surface area contributed by atoms with Gasteiger partial charge in [-0.15, -0.1) is 0 Å². The SMILES string of the molecule is CCCC1=C(C(=O)OCC)C(c2cc([N+](=O)[O-])ccc2OCCCCCCCCCCCCN)C(C(=O)OCC)=C(C)N1.